The van der Waals surface area contributed by atoms with Crippen LogP contribution in [0.4, 0.5) is 0 Å². The lowest BCUT2D eigenvalue weighted by atomic mass is 10.1. The molecule has 5 nitrogen and oxygen atoms in total. The van der Waals surface area contributed by atoms with Gasteiger partial charge in [-0.25, -0.2) is 8.42 Å². The van der Waals surface area contributed by atoms with Crippen molar-refractivity contribution in [2.24, 2.45) is 5.92 Å². The molecule has 1 fully saturated rings. The summed E-state index contributed by atoms with van der Waals surface area (Å²) in [5.41, 5.74) is 0. The predicted octanol–water partition coefficient (Wildman–Crippen LogP) is 0.829. The topological polar surface area (TPSA) is 63.7 Å². The molecule has 0 spiro atoms. The Morgan fingerprint density at radius 2 is 2.24 bits per heavy atom. The minimum Gasteiger partial charge on any atom is -0.383 e. The van der Waals surface area contributed by atoms with Crippen molar-refractivity contribution in [3.63, 3.8) is 0 Å². The number of carbonyl (C=O) groups excluding carboxylic acids is 1. The van der Waals surface area contributed by atoms with Gasteiger partial charge in [-0.15, -0.1) is 0 Å². The summed E-state index contributed by atoms with van der Waals surface area (Å²) >= 11 is 0. The van der Waals surface area contributed by atoms with E-state index in [1.54, 1.807) is 12.0 Å². The summed E-state index contributed by atoms with van der Waals surface area (Å²) < 4.78 is 27.0. The molecule has 0 radical (unpaired) electrons. The minimum atomic E-state index is -3.54. The van der Waals surface area contributed by atoms with Crippen LogP contribution in [0, 0.1) is 5.92 Å². The zero-order valence-corrected chi connectivity index (χ0v) is 11.6. The maximum atomic E-state index is 11.8. The fourth-order valence-electron chi connectivity index (χ4n) is 2.18. The van der Waals surface area contributed by atoms with Gasteiger partial charge in [-0.05, 0) is 6.42 Å². The second-order valence-corrected chi connectivity index (χ2v) is 7.16. The van der Waals surface area contributed by atoms with Gasteiger partial charge in [0.25, 0.3) is 0 Å². The number of hydrogen-bond donors (Lipinski definition) is 0. The van der Waals surface area contributed by atoms with E-state index in [0.717, 1.165) is 6.42 Å². The van der Waals surface area contributed by atoms with Gasteiger partial charge in [0.1, 0.15) is 0 Å². The Kier molecular flexibility index (Phi) is 5.22. The Labute approximate surface area is 106 Å². The first-order chi connectivity index (χ1) is 7.87. The third-order valence-corrected chi connectivity index (χ3v) is 4.19. The van der Waals surface area contributed by atoms with Gasteiger partial charge in [-0.1, -0.05) is 6.92 Å². The second-order valence-electron chi connectivity index (χ2n) is 4.34. The lowest BCUT2D eigenvalue weighted by Crippen LogP contribution is -2.39. The third-order valence-electron chi connectivity index (χ3n) is 2.94. The Hall–Kier alpha value is -0.330. The van der Waals surface area contributed by atoms with Gasteiger partial charge < -0.3 is 9.64 Å². The molecule has 0 saturated carbocycles. The zero-order chi connectivity index (χ0) is 13.1. The number of methoxy groups -OCH3 is 1. The van der Waals surface area contributed by atoms with E-state index in [1.807, 2.05) is 6.92 Å². The lowest BCUT2D eigenvalue weighted by Gasteiger charge is -2.26. The fourth-order valence-corrected chi connectivity index (χ4v) is 3.50. The highest BCUT2D eigenvalue weighted by Crippen LogP contribution is 2.23. The van der Waals surface area contributed by atoms with E-state index in [0.29, 0.717) is 13.2 Å². The van der Waals surface area contributed by atoms with E-state index in [4.69, 9.17) is 15.4 Å². The first kappa shape index (κ1) is 14.7. The van der Waals surface area contributed by atoms with Crippen molar-refractivity contribution in [2.75, 3.05) is 26.0 Å². The highest BCUT2D eigenvalue weighted by molar-refractivity contribution is 8.13. The van der Waals surface area contributed by atoms with Gasteiger partial charge in [0.15, 0.2) is 0 Å². The van der Waals surface area contributed by atoms with Crippen LogP contribution < -0.4 is 0 Å². The van der Waals surface area contributed by atoms with E-state index in [1.165, 1.54) is 0 Å². The van der Waals surface area contributed by atoms with Crippen LogP contribution in [-0.4, -0.2) is 51.3 Å². The zero-order valence-electron chi connectivity index (χ0n) is 10.1. The molecule has 1 heterocycles. The smallest absolute Gasteiger partial charge is 0.232 e. The maximum absolute atomic E-state index is 11.8. The number of halogens is 1. The monoisotopic (exact) mass is 283 g/mol. The number of carbonyl (C=O) groups is 1. The second kappa shape index (κ2) is 6.02. The van der Waals surface area contributed by atoms with Gasteiger partial charge in [-0.2, -0.15) is 0 Å². The first-order valence-corrected chi connectivity index (χ1v) is 8.06. The molecule has 1 aliphatic rings. The van der Waals surface area contributed by atoms with Crippen LogP contribution in [0.25, 0.3) is 0 Å². The average Bonchev–Trinajstić information content (AvgIpc) is 2.53. The summed E-state index contributed by atoms with van der Waals surface area (Å²) in [6.45, 7) is 2.90. The van der Waals surface area contributed by atoms with Crippen molar-refractivity contribution in [2.45, 2.75) is 25.8 Å². The molecule has 17 heavy (non-hydrogen) atoms. The summed E-state index contributed by atoms with van der Waals surface area (Å²) in [7, 11) is 3.25. The number of nitrogens with zero attached hydrogens (tertiary/aromatic N) is 1. The SMILES string of the molecule is CCC(COC)N1CC(CS(=O)(=O)Cl)CC1=O. The molecule has 0 aromatic heterocycles. The molecular formula is C10H18ClNO4S. The van der Waals surface area contributed by atoms with Crippen molar-refractivity contribution in [3.05, 3.63) is 0 Å². The fraction of sp³-hybridized carbons (Fsp3) is 0.900. The Morgan fingerprint density at radius 1 is 1.59 bits per heavy atom. The van der Waals surface area contributed by atoms with Crippen molar-refractivity contribution in [1.29, 1.82) is 0 Å². The molecule has 2 unspecified atom stereocenters. The number of hydrogen-bond acceptors (Lipinski definition) is 4. The number of ether oxygens (including phenoxy) is 1. The number of amides is 1. The Bertz CT molecular complexity index is 371. The number of likely N-dealkylation sites (tertiary alicyclic amines) is 1. The van der Waals surface area contributed by atoms with Gasteiger partial charge in [0.2, 0.25) is 15.0 Å². The quantitative estimate of drug-likeness (QED) is 0.677. The highest BCUT2D eigenvalue weighted by atomic mass is 35.7. The van der Waals surface area contributed by atoms with E-state index in [2.05, 4.69) is 0 Å². The van der Waals surface area contributed by atoms with Crippen molar-refractivity contribution in [3.8, 4) is 0 Å². The molecule has 1 aliphatic heterocycles. The summed E-state index contributed by atoms with van der Waals surface area (Å²) in [5, 5.41) is 0. The van der Waals surface area contributed by atoms with Crippen LogP contribution >= 0.6 is 10.7 Å². The molecule has 1 amide bonds. The third kappa shape index (κ3) is 4.44. The van der Waals surface area contributed by atoms with Crippen molar-refractivity contribution < 1.29 is 17.9 Å². The molecule has 100 valence electrons. The molecular weight excluding hydrogens is 266 g/mol. The molecule has 0 N–H and O–H groups in total. The molecule has 2 atom stereocenters. The van der Waals surface area contributed by atoms with Gasteiger partial charge >= 0.3 is 0 Å². The predicted molar refractivity (Wildman–Crippen MR) is 65.4 cm³/mol. The van der Waals surface area contributed by atoms with Gasteiger partial charge in [-0.3, -0.25) is 4.79 Å². The largest absolute Gasteiger partial charge is 0.383 e. The van der Waals surface area contributed by atoms with E-state index in [-0.39, 0.29) is 30.0 Å². The molecule has 1 saturated heterocycles. The molecule has 0 aliphatic carbocycles. The maximum Gasteiger partial charge on any atom is 0.232 e. The molecule has 0 aromatic rings. The number of rotatable bonds is 6. The van der Waals surface area contributed by atoms with E-state index in [9.17, 15) is 13.2 Å². The van der Waals surface area contributed by atoms with Crippen LogP contribution in [0.3, 0.4) is 0 Å². The van der Waals surface area contributed by atoms with Crippen LogP contribution in [-0.2, 0) is 18.6 Å². The normalized spacial score (nSPS) is 23.1. The Balaban J connectivity index is 2.63. The van der Waals surface area contributed by atoms with Crippen LogP contribution in [0.15, 0.2) is 0 Å². The molecule has 0 bridgehead atoms. The molecule has 7 heteroatoms. The summed E-state index contributed by atoms with van der Waals surface area (Å²) in [6.07, 6.45) is 1.05. The van der Waals surface area contributed by atoms with Crippen LogP contribution in [0.2, 0.25) is 0 Å². The molecule has 0 aromatic carbocycles. The standard InChI is InChI=1S/C10H18ClNO4S/c1-3-9(6-16-2)12-5-8(4-10(12)13)7-17(11,14)15/h8-9H,3-7H2,1-2H3. The highest BCUT2D eigenvalue weighted by Gasteiger charge is 2.35. The van der Waals surface area contributed by atoms with Gasteiger partial charge in [0, 0.05) is 36.7 Å². The minimum absolute atomic E-state index is 0.0146. The Morgan fingerprint density at radius 3 is 2.71 bits per heavy atom. The van der Waals surface area contributed by atoms with Gasteiger partial charge in [0.05, 0.1) is 18.4 Å². The van der Waals surface area contributed by atoms with Crippen molar-refractivity contribution in [1.82, 2.24) is 4.90 Å². The van der Waals surface area contributed by atoms with Crippen molar-refractivity contribution >= 4 is 25.6 Å². The lowest BCUT2D eigenvalue weighted by molar-refractivity contribution is -0.130. The summed E-state index contributed by atoms with van der Waals surface area (Å²) in [6, 6.07) is 0.0236. The van der Waals surface area contributed by atoms with Crippen LogP contribution in [0.1, 0.15) is 19.8 Å². The molecule has 1 rings (SSSR count). The summed E-state index contributed by atoms with van der Waals surface area (Å²) in [5.74, 6) is -0.352. The first-order valence-electron chi connectivity index (χ1n) is 5.58. The average molecular weight is 284 g/mol. The van der Waals surface area contributed by atoms with E-state index < -0.39 is 9.05 Å². The van der Waals surface area contributed by atoms with Crippen LogP contribution in [0.5, 0.6) is 0 Å². The summed E-state index contributed by atoms with van der Waals surface area (Å²) in [4.78, 5) is 13.5. The van der Waals surface area contributed by atoms with E-state index >= 15 is 0 Å².